The number of fused-ring (bicyclic) bond motifs is 1. The van der Waals surface area contributed by atoms with Crippen LogP contribution in [0.25, 0.3) is 5.69 Å². The number of carbonyl (C=O) groups is 1. The predicted molar refractivity (Wildman–Crippen MR) is 115 cm³/mol. The van der Waals surface area contributed by atoms with E-state index >= 15 is 0 Å². The van der Waals surface area contributed by atoms with Gasteiger partial charge in [0, 0.05) is 17.2 Å². The summed E-state index contributed by atoms with van der Waals surface area (Å²) in [6.45, 7) is 3.50. The molecule has 1 heterocycles. The van der Waals surface area contributed by atoms with Crippen molar-refractivity contribution in [2.75, 3.05) is 5.32 Å². The zero-order chi connectivity index (χ0) is 21.3. The van der Waals surface area contributed by atoms with Crippen LogP contribution < -0.4 is 10.0 Å². The van der Waals surface area contributed by atoms with Crippen LogP contribution in [0, 0.1) is 0 Å². The predicted octanol–water partition coefficient (Wildman–Crippen LogP) is 3.30. The highest BCUT2D eigenvalue weighted by molar-refractivity contribution is 7.89. The van der Waals surface area contributed by atoms with Crippen molar-refractivity contribution in [1.82, 2.24) is 14.5 Å². The van der Waals surface area contributed by atoms with Crippen LogP contribution in [0.3, 0.4) is 0 Å². The zero-order valence-electron chi connectivity index (χ0n) is 16.9. The van der Waals surface area contributed by atoms with E-state index < -0.39 is 10.0 Å². The van der Waals surface area contributed by atoms with Crippen LogP contribution in [0.4, 0.5) is 5.82 Å². The molecule has 0 saturated carbocycles. The molecule has 2 aromatic carbocycles. The van der Waals surface area contributed by atoms with Crippen molar-refractivity contribution >= 4 is 21.7 Å². The molecule has 30 heavy (non-hydrogen) atoms. The first kappa shape index (κ1) is 20.3. The summed E-state index contributed by atoms with van der Waals surface area (Å²) < 4.78 is 29.2. The summed E-state index contributed by atoms with van der Waals surface area (Å²) in [5, 5.41) is 7.66. The smallest absolute Gasteiger partial charge is 0.256 e. The van der Waals surface area contributed by atoms with Crippen LogP contribution in [-0.2, 0) is 22.9 Å². The van der Waals surface area contributed by atoms with Crippen LogP contribution >= 0.6 is 0 Å². The van der Waals surface area contributed by atoms with Crippen molar-refractivity contribution in [3.8, 4) is 5.69 Å². The van der Waals surface area contributed by atoms with Crippen LogP contribution in [0.1, 0.15) is 41.9 Å². The monoisotopic (exact) mass is 424 g/mol. The Hall–Kier alpha value is -2.97. The molecule has 0 saturated heterocycles. The van der Waals surface area contributed by atoms with Gasteiger partial charge in [0.15, 0.2) is 0 Å². The molecule has 4 rings (SSSR count). The van der Waals surface area contributed by atoms with Gasteiger partial charge in [-0.2, -0.15) is 5.10 Å². The van der Waals surface area contributed by atoms with Crippen LogP contribution in [0.5, 0.6) is 0 Å². The second kappa shape index (κ2) is 8.04. The third kappa shape index (κ3) is 4.01. The highest BCUT2D eigenvalue weighted by Crippen LogP contribution is 2.31. The van der Waals surface area contributed by atoms with Crippen molar-refractivity contribution in [2.45, 2.75) is 44.0 Å². The molecule has 156 valence electrons. The van der Waals surface area contributed by atoms with Gasteiger partial charge in [-0.3, -0.25) is 4.79 Å². The van der Waals surface area contributed by atoms with E-state index in [1.54, 1.807) is 30.7 Å². The number of nitrogens with zero attached hydrogens (tertiary/aromatic N) is 2. The molecule has 0 fully saturated rings. The lowest BCUT2D eigenvalue weighted by Crippen LogP contribution is -2.30. The summed E-state index contributed by atoms with van der Waals surface area (Å²) in [5.74, 6) is 0.274. The summed E-state index contributed by atoms with van der Waals surface area (Å²) in [6, 6.07) is 15.4. The lowest BCUT2D eigenvalue weighted by Gasteiger charge is -2.13. The van der Waals surface area contributed by atoms with Crippen molar-refractivity contribution < 1.29 is 13.2 Å². The molecule has 1 aliphatic carbocycles. The number of carbonyl (C=O) groups excluding carboxylic acids is 1. The maximum absolute atomic E-state index is 13.0. The van der Waals surface area contributed by atoms with Gasteiger partial charge >= 0.3 is 0 Å². The number of hydrogen-bond acceptors (Lipinski definition) is 4. The Labute approximate surface area is 176 Å². The number of benzene rings is 2. The first-order chi connectivity index (χ1) is 14.3. The van der Waals surface area contributed by atoms with Gasteiger partial charge in [-0.15, -0.1) is 0 Å². The topological polar surface area (TPSA) is 93.1 Å². The first-order valence-corrected chi connectivity index (χ1v) is 11.4. The van der Waals surface area contributed by atoms with Gasteiger partial charge < -0.3 is 5.32 Å². The fraction of sp³-hybridized carbons (Fsp3) is 0.273. The van der Waals surface area contributed by atoms with Crippen molar-refractivity contribution in [3.05, 3.63) is 71.4 Å². The summed E-state index contributed by atoms with van der Waals surface area (Å²) >= 11 is 0. The van der Waals surface area contributed by atoms with Crippen LogP contribution in [-0.4, -0.2) is 30.1 Å². The number of amides is 1. The van der Waals surface area contributed by atoms with Gasteiger partial charge in [0.2, 0.25) is 10.0 Å². The second-order valence-electron chi connectivity index (χ2n) is 7.63. The molecule has 0 aliphatic heterocycles. The van der Waals surface area contributed by atoms with Crippen LogP contribution in [0.15, 0.2) is 59.5 Å². The van der Waals surface area contributed by atoms with Gasteiger partial charge in [-0.25, -0.2) is 17.8 Å². The number of hydrogen-bond donors (Lipinski definition) is 2. The average molecular weight is 425 g/mol. The minimum Gasteiger partial charge on any atom is -0.306 e. The first-order valence-electron chi connectivity index (χ1n) is 9.95. The van der Waals surface area contributed by atoms with E-state index in [1.807, 2.05) is 30.3 Å². The molecular formula is C22H24N4O3S. The van der Waals surface area contributed by atoms with Crippen molar-refractivity contribution in [3.63, 3.8) is 0 Å². The number of nitrogens with one attached hydrogen (secondary N) is 2. The number of anilines is 1. The van der Waals surface area contributed by atoms with Crippen molar-refractivity contribution in [2.24, 2.45) is 0 Å². The quantitative estimate of drug-likeness (QED) is 0.635. The van der Waals surface area contributed by atoms with Gasteiger partial charge in [0.25, 0.3) is 5.91 Å². The van der Waals surface area contributed by atoms with Gasteiger partial charge in [-0.1, -0.05) is 24.3 Å². The Kier molecular flexibility index (Phi) is 5.44. The molecule has 8 heteroatoms. The molecule has 0 atom stereocenters. The molecule has 2 N–H and O–H groups in total. The maximum atomic E-state index is 13.0. The molecule has 3 aromatic rings. The molecule has 0 unspecified atom stereocenters. The van der Waals surface area contributed by atoms with Crippen molar-refractivity contribution in [1.29, 1.82) is 0 Å². The number of aryl methyl sites for hydroxylation is 1. The van der Waals surface area contributed by atoms with E-state index in [9.17, 15) is 13.2 Å². The standard InChI is InChI=1S/C22H24N4O3S/c1-15(2)25-30(28,29)18-11-6-8-16(14-18)22(27)23-21-19-12-7-13-20(19)24-26(21)17-9-4-3-5-10-17/h3-6,8-11,14-15,25H,7,12-13H2,1-2H3,(H,23,27). The highest BCUT2D eigenvalue weighted by Gasteiger charge is 2.25. The lowest BCUT2D eigenvalue weighted by molar-refractivity contribution is 0.102. The Morgan fingerprint density at radius 3 is 2.57 bits per heavy atom. The van der Waals surface area contributed by atoms with E-state index in [2.05, 4.69) is 10.0 Å². The van der Waals surface area contributed by atoms with Gasteiger partial charge in [-0.05, 0) is 63.4 Å². The van der Waals surface area contributed by atoms with E-state index in [0.717, 1.165) is 36.2 Å². The van der Waals surface area contributed by atoms with E-state index in [-0.39, 0.29) is 22.4 Å². The summed E-state index contributed by atoms with van der Waals surface area (Å²) in [4.78, 5) is 13.1. The number of sulfonamides is 1. The molecule has 0 bridgehead atoms. The number of rotatable bonds is 6. The molecule has 7 nitrogen and oxygen atoms in total. The maximum Gasteiger partial charge on any atom is 0.256 e. The molecule has 1 aromatic heterocycles. The number of aromatic nitrogens is 2. The molecule has 1 amide bonds. The minimum atomic E-state index is -3.69. The SMILES string of the molecule is CC(C)NS(=O)(=O)c1cccc(C(=O)Nc2c3c(nn2-c2ccccc2)CCC3)c1. The number of para-hydroxylation sites is 1. The summed E-state index contributed by atoms with van der Waals surface area (Å²) in [6.07, 6.45) is 2.74. The molecule has 1 aliphatic rings. The molecular weight excluding hydrogens is 400 g/mol. The highest BCUT2D eigenvalue weighted by atomic mass is 32.2. The normalized spacial score (nSPS) is 13.4. The average Bonchev–Trinajstić information content (AvgIpc) is 3.30. The Bertz CT molecular complexity index is 1180. The third-order valence-electron chi connectivity index (χ3n) is 4.94. The molecule has 0 radical (unpaired) electrons. The van der Waals surface area contributed by atoms with Gasteiger partial charge in [0.05, 0.1) is 16.3 Å². The molecule has 0 spiro atoms. The van der Waals surface area contributed by atoms with E-state index in [0.29, 0.717) is 5.82 Å². The fourth-order valence-electron chi connectivity index (χ4n) is 3.64. The fourth-order valence-corrected chi connectivity index (χ4v) is 4.94. The largest absolute Gasteiger partial charge is 0.306 e. The second-order valence-corrected chi connectivity index (χ2v) is 9.35. The van der Waals surface area contributed by atoms with E-state index in [4.69, 9.17) is 5.10 Å². The van der Waals surface area contributed by atoms with Gasteiger partial charge in [0.1, 0.15) is 5.82 Å². The minimum absolute atomic E-state index is 0.0608. The third-order valence-corrected chi connectivity index (χ3v) is 6.59. The zero-order valence-corrected chi connectivity index (χ0v) is 17.7. The Morgan fingerprint density at radius 1 is 1.07 bits per heavy atom. The van der Waals surface area contributed by atoms with Crippen LogP contribution in [0.2, 0.25) is 0 Å². The Balaban J connectivity index is 1.67. The van der Waals surface area contributed by atoms with E-state index in [1.165, 1.54) is 12.1 Å². The summed E-state index contributed by atoms with van der Waals surface area (Å²) in [7, 11) is -3.69. The lowest BCUT2D eigenvalue weighted by atomic mass is 10.2. The Morgan fingerprint density at radius 2 is 1.83 bits per heavy atom. The summed E-state index contributed by atoms with van der Waals surface area (Å²) in [5.41, 5.74) is 3.16.